The molecule has 1 aliphatic heterocycles. The molecule has 3 aliphatic rings. The molecule has 2 aromatic heterocycles. The van der Waals surface area contributed by atoms with Crippen molar-refractivity contribution in [2.24, 2.45) is 16.7 Å². The van der Waals surface area contributed by atoms with Crippen molar-refractivity contribution >= 4 is 67.1 Å². The largest absolute Gasteiger partial charge is 0.497 e. The van der Waals surface area contributed by atoms with E-state index in [0.29, 0.717) is 45.3 Å². The summed E-state index contributed by atoms with van der Waals surface area (Å²) in [6, 6.07) is 12.0. The summed E-state index contributed by atoms with van der Waals surface area (Å²) in [7, 11) is -2.78. The number of benzene rings is 2. The summed E-state index contributed by atoms with van der Waals surface area (Å²) in [5.74, 6) is -2.17. The van der Waals surface area contributed by atoms with Crippen LogP contribution in [0.2, 0.25) is 0 Å². The van der Waals surface area contributed by atoms with Gasteiger partial charge in [0.15, 0.2) is 5.13 Å². The van der Waals surface area contributed by atoms with Crippen molar-refractivity contribution in [3.63, 3.8) is 0 Å². The van der Waals surface area contributed by atoms with E-state index >= 15 is 0 Å². The summed E-state index contributed by atoms with van der Waals surface area (Å²) in [5.41, 5.74) is -1.39. The van der Waals surface area contributed by atoms with Crippen LogP contribution in [0.5, 0.6) is 11.5 Å². The third-order valence-corrected chi connectivity index (χ3v) is 14.2. The first-order valence-corrected chi connectivity index (χ1v) is 24.7. The van der Waals surface area contributed by atoms with Crippen molar-refractivity contribution < 1.29 is 46.6 Å². The second-order valence-corrected chi connectivity index (χ2v) is 22.2. The van der Waals surface area contributed by atoms with Gasteiger partial charge in [-0.25, -0.2) is 27.9 Å². The Hall–Kier alpha value is -6.08. The van der Waals surface area contributed by atoms with E-state index in [0.717, 1.165) is 25.7 Å². The zero-order chi connectivity index (χ0) is 48.5. The number of hydrogen-bond acceptors (Lipinski definition) is 13. The Bertz CT molecular complexity index is 2660. The lowest BCUT2D eigenvalue weighted by Gasteiger charge is -2.35. The van der Waals surface area contributed by atoms with E-state index in [1.54, 1.807) is 56.5 Å². The number of pyridine rings is 1. The molecule has 2 aromatic carbocycles. The number of methoxy groups -OCH3 is 1. The molecule has 3 heterocycles. The number of anilines is 1. The maximum Gasteiger partial charge on any atom is 0.408 e. The molecule has 4 N–H and O–H groups in total. The average molecular weight is 958 g/mol. The molecule has 0 spiro atoms. The van der Waals surface area contributed by atoms with Crippen molar-refractivity contribution in [3.8, 4) is 22.9 Å². The van der Waals surface area contributed by atoms with E-state index < -0.39 is 68.9 Å². The number of aromatic nitrogens is 2. The maximum atomic E-state index is 14.9. The minimum atomic E-state index is -4.32. The van der Waals surface area contributed by atoms with Crippen LogP contribution in [0.25, 0.3) is 22.3 Å². The Labute approximate surface area is 394 Å². The minimum Gasteiger partial charge on any atom is -0.497 e. The summed E-state index contributed by atoms with van der Waals surface area (Å²) >= 11 is 1.25. The van der Waals surface area contributed by atoms with Gasteiger partial charge in [-0.3, -0.25) is 19.2 Å². The summed E-state index contributed by atoms with van der Waals surface area (Å²) < 4.78 is 46.7. The Morgan fingerprint density at radius 1 is 0.970 bits per heavy atom. The zero-order valence-corrected chi connectivity index (χ0v) is 40.5. The highest BCUT2D eigenvalue weighted by Gasteiger charge is 2.61. The van der Waals surface area contributed by atoms with Gasteiger partial charge in [-0.1, -0.05) is 65.8 Å². The van der Waals surface area contributed by atoms with E-state index in [1.807, 2.05) is 20.8 Å². The molecule has 4 aromatic rings. The standard InChI is InChI=1S/C48H59N7O10S2/c1-9-28-24-48(28,43(59)54-67(61,62)32-17-11-10-12-18-32)53-41(57)37-22-31(26-55(37)42(58)40(47(5,6)7)52-45(60)65-29-15-13-14-16-29)64-38-23-35(49-34-21-30(63-8)19-20-33(34)38)36-27-66-44(50-36)51-39(56)25-46(2,3)4/h9-12,17-21,23,27-29,31,37,40H,1,13-16,22,24-26H2,2-8H3,(H,52,60)(H,53,57)(H,54,59)(H,50,51,56)/t28-,31-,37+,40-,48-/m1/s1. The number of ether oxygens (including phenoxy) is 3. The summed E-state index contributed by atoms with van der Waals surface area (Å²) in [4.78, 5) is 80.4. The first kappa shape index (κ1) is 48.8. The molecule has 358 valence electrons. The Kier molecular flexibility index (Phi) is 14.0. The van der Waals surface area contributed by atoms with Gasteiger partial charge in [-0.15, -0.1) is 17.9 Å². The van der Waals surface area contributed by atoms with Crippen LogP contribution in [0.15, 0.2) is 77.5 Å². The van der Waals surface area contributed by atoms with Crippen LogP contribution in [-0.4, -0.2) is 96.5 Å². The van der Waals surface area contributed by atoms with Gasteiger partial charge < -0.3 is 35.1 Å². The van der Waals surface area contributed by atoms with E-state index in [2.05, 4.69) is 32.2 Å². The Morgan fingerprint density at radius 2 is 1.69 bits per heavy atom. The molecule has 17 nitrogen and oxygen atoms in total. The molecule has 3 fully saturated rings. The van der Waals surface area contributed by atoms with Crippen molar-refractivity contribution in [1.82, 2.24) is 30.2 Å². The number of nitrogens with zero attached hydrogens (tertiary/aromatic N) is 3. The first-order valence-electron chi connectivity index (χ1n) is 22.3. The van der Waals surface area contributed by atoms with E-state index in [9.17, 15) is 32.4 Å². The van der Waals surface area contributed by atoms with Gasteiger partial charge in [0.1, 0.15) is 47.0 Å². The normalized spacial score (nSPS) is 21.2. The predicted molar refractivity (Wildman–Crippen MR) is 253 cm³/mol. The fourth-order valence-electron chi connectivity index (χ4n) is 8.51. The van der Waals surface area contributed by atoms with Gasteiger partial charge in [0.05, 0.1) is 29.8 Å². The number of nitrogens with one attached hydrogen (secondary N) is 4. The van der Waals surface area contributed by atoms with E-state index in [-0.39, 0.29) is 41.7 Å². The number of sulfonamides is 1. The van der Waals surface area contributed by atoms with Crippen LogP contribution in [0.4, 0.5) is 9.93 Å². The lowest BCUT2D eigenvalue weighted by atomic mass is 9.85. The molecular weight excluding hydrogens is 899 g/mol. The number of likely N-dealkylation sites (tertiary alicyclic amines) is 1. The fourth-order valence-corrected chi connectivity index (χ4v) is 10.3. The molecule has 2 saturated carbocycles. The summed E-state index contributed by atoms with van der Waals surface area (Å²) in [5, 5.41) is 11.2. The minimum absolute atomic E-state index is 0.0598. The summed E-state index contributed by atoms with van der Waals surface area (Å²) in [6.45, 7) is 15.0. The van der Waals surface area contributed by atoms with Crippen LogP contribution in [0, 0.1) is 16.7 Å². The molecule has 2 aliphatic carbocycles. The van der Waals surface area contributed by atoms with Crippen molar-refractivity contribution in [1.29, 1.82) is 0 Å². The van der Waals surface area contributed by atoms with Crippen molar-refractivity contribution in [2.75, 3.05) is 19.0 Å². The number of carbonyl (C=O) groups is 5. The SMILES string of the molecule is C=C[C@@H]1C[C@]1(NC(=O)[C@@H]1C[C@@H](Oc2cc(-c3csc(NC(=O)CC(C)(C)C)n3)nc3cc(OC)ccc23)CN1C(=O)[C@@H](NC(=O)OC1CCCC1)C(C)(C)C)C(=O)NS(=O)(=O)c1ccccc1. The number of carbonyl (C=O) groups excluding carboxylic acids is 5. The smallest absolute Gasteiger partial charge is 0.408 e. The summed E-state index contributed by atoms with van der Waals surface area (Å²) in [6.07, 6.45) is 3.22. The molecular formula is C48H59N7O10S2. The molecule has 0 bridgehead atoms. The molecule has 19 heteroatoms. The van der Waals surface area contributed by atoms with Crippen LogP contribution in [0.3, 0.4) is 0 Å². The average Bonchev–Trinajstić information content (AvgIpc) is 3.67. The Morgan fingerprint density at radius 3 is 2.33 bits per heavy atom. The maximum absolute atomic E-state index is 14.9. The van der Waals surface area contributed by atoms with E-state index in [1.165, 1.54) is 53.7 Å². The van der Waals surface area contributed by atoms with Gasteiger partial charge in [-0.2, -0.15) is 0 Å². The van der Waals surface area contributed by atoms with Gasteiger partial charge in [0, 0.05) is 41.7 Å². The topological polar surface area (TPSA) is 224 Å². The van der Waals surface area contributed by atoms with Crippen LogP contribution in [-0.2, 0) is 33.9 Å². The number of rotatable bonds is 15. The van der Waals surface area contributed by atoms with E-state index in [4.69, 9.17) is 19.2 Å². The quantitative estimate of drug-likeness (QED) is 0.0910. The molecule has 5 amide bonds. The molecule has 0 unspecified atom stereocenters. The number of alkyl carbamates (subject to hydrolysis) is 1. The second-order valence-electron chi connectivity index (χ2n) is 19.7. The Balaban J connectivity index is 1.20. The van der Waals surface area contributed by atoms with Crippen molar-refractivity contribution in [3.05, 3.63) is 72.6 Å². The lowest BCUT2D eigenvalue weighted by Crippen LogP contribution is -2.60. The number of amides is 5. The molecule has 5 atom stereocenters. The highest BCUT2D eigenvalue weighted by Crippen LogP contribution is 2.45. The molecule has 1 saturated heterocycles. The zero-order valence-electron chi connectivity index (χ0n) is 38.8. The monoisotopic (exact) mass is 957 g/mol. The van der Waals surface area contributed by atoms with Gasteiger partial charge in [0.2, 0.25) is 17.7 Å². The highest BCUT2D eigenvalue weighted by molar-refractivity contribution is 7.90. The van der Waals surface area contributed by atoms with Gasteiger partial charge in [0.25, 0.3) is 15.9 Å². The molecule has 7 rings (SSSR count). The van der Waals surface area contributed by atoms with Gasteiger partial charge in [-0.05, 0) is 67.2 Å². The van der Waals surface area contributed by atoms with Gasteiger partial charge >= 0.3 is 6.09 Å². The second kappa shape index (κ2) is 19.3. The van der Waals surface area contributed by atoms with Crippen molar-refractivity contribution in [2.45, 2.75) is 121 Å². The highest BCUT2D eigenvalue weighted by atomic mass is 32.2. The fraction of sp³-hybridized carbons (Fsp3) is 0.479. The molecule has 0 radical (unpaired) electrons. The third kappa shape index (κ3) is 11.4. The first-order chi connectivity index (χ1) is 31.6. The molecule has 67 heavy (non-hydrogen) atoms. The van der Waals surface area contributed by atoms with Crippen LogP contribution >= 0.6 is 11.3 Å². The third-order valence-electron chi connectivity index (χ3n) is 12.1. The number of fused-ring (bicyclic) bond motifs is 1. The lowest BCUT2D eigenvalue weighted by molar-refractivity contribution is -0.143. The number of hydrogen-bond donors (Lipinski definition) is 4. The van der Waals surface area contributed by atoms with Crippen LogP contribution in [0.1, 0.15) is 86.5 Å². The van der Waals surface area contributed by atoms with Crippen LogP contribution < -0.4 is 30.1 Å². The predicted octanol–water partition coefficient (Wildman–Crippen LogP) is 6.74. The number of thiazole rings is 1.